The van der Waals surface area contributed by atoms with Crippen molar-refractivity contribution in [3.8, 4) is 6.07 Å². The van der Waals surface area contributed by atoms with Crippen LogP contribution in [0.25, 0.3) is 0 Å². The van der Waals surface area contributed by atoms with E-state index in [1.807, 2.05) is 11.1 Å². The van der Waals surface area contributed by atoms with Gasteiger partial charge in [-0.15, -0.1) is 0 Å². The maximum Gasteiger partial charge on any atom is 0.253 e. The standard InChI is InChI=1S/C20H24N4O2/c1-15-13-22-19(24(15)9-3-11-26-2)18-8-10-23(14-18)20(25)17-6-4-16(12-21)5-7-17/h4-7,13,18H,3,8-11,14H2,1-2H3. The van der Waals surface area contributed by atoms with E-state index in [1.165, 1.54) is 0 Å². The van der Waals surface area contributed by atoms with Gasteiger partial charge in [-0.25, -0.2) is 4.98 Å². The molecule has 6 nitrogen and oxygen atoms in total. The lowest BCUT2D eigenvalue weighted by molar-refractivity contribution is 0.0790. The largest absolute Gasteiger partial charge is 0.385 e. The Labute approximate surface area is 154 Å². The van der Waals surface area contributed by atoms with Gasteiger partial charge in [0.2, 0.25) is 0 Å². The number of carbonyl (C=O) groups is 1. The Bertz CT molecular complexity index is 804. The number of imidazole rings is 1. The molecule has 26 heavy (non-hydrogen) atoms. The summed E-state index contributed by atoms with van der Waals surface area (Å²) in [5.41, 5.74) is 2.34. The number of hydrogen-bond acceptors (Lipinski definition) is 4. The van der Waals surface area contributed by atoms with Gasteiger partial charge in [-0.2, -0.15) is 5.26 Å². The van der Waals surface area contributed by atoms with E-state index in [4.69, 9.17) is 10.00 Å². The molecule has 2 heterocycles. The smallest absolute Gasteiger partial charge is 0.253 e. The summed E-state index contributed by atoms with van der Waals surface area (Å²) in [5.74, 6) is 1.34. The lowest BCUT2D eigenvalue weighted by atomic mass is 10.1. The van der Waals surface area contributed by atoms with Crippen molar-refractivity contribution in [2.45, 2.75) is 32.2 Å². The predicted molar refractivity (Wildman–Crippen MR) is 97.9 cm³/mol. The summed E-state index contributed by atoms with van der Waals surface area (Å²) in [6.07, 6.45) is 3.78. The molecular weight excluding hydrogens is 328 g/mol. The zero-order valence-electron chi connectivity index (χ0n) is 15.3. The number of amides is 1. The summed E-state index contributed by atoms with van der Waals surface area (Å²) in [4.78, 5) is 19.2. The Morgan fingerprint density at radius 3 is 2.85 bits per heavy atom. The second-order valence-corrected chi connectivity index (χ2v) is 6.68. The molecule has 1 aromatic carbocycles. The molecule has 0 bridgehead atoms. The molecule has 1 aliphatic rings. The maximum absolute atomic E-state index is 12.7. The molecule has 1 aliphatic heterocycles. The van der Waals surface area contributed by atoms with Gasteiger partial charge < -0.3 is 14.2 Å². The lowest BCUT2D eigenvalue weighted by Gasteiger charge is -2.18. The van der Waals surface area contributed by atoms with Crippen molar-refractivity contribution < 1.29 is 9.53 Å². The Kier molecular flexibility index (Phi) is 5.69. The van der Waals surface area contributed by atoms with Crippen molar-refractivity contribution in [1.29, 1.82) is 5.26 Å². The monoisotopic (exact) mass is 352 g/mol. The minimum absolute atomic E-state index is 0.0196. The van der Waals surface area contributed by atoms with Crippen molar-refractivity contribution in [3.63, 3.8) is 0 Å². The third kappa shape index (κ3) is 3.78. The van der Waals surface area contributed by atoms with E-state index in [0.717, 1.165) is 44.1 Å². The molecule has 0 spiro atoms. The Morgan fingerprint density at radius 2 is 2.15 bits per heavy atom. The summed E-state index contributed by atoms with van der Waals surface area (Å²) < 4.78 is 7.40. The number of benzene rings is 1. The first-order valence-electron chi connectivity index (χ1n) is 8.94. The van der Waals surface area contributed by atoms with Gasteiger partial charge in [-0.1, -0.05) is 0 Å². The van der Waals surface area contributed by atoms with E-state index < -0.39 is 0 Å². The number of likely N-dealkylation sites (tertiary alicyclic amines) is 1. The van der Waals surface area contributed by atoms with Gasteiger partial charge in [0.15, 0.2) is 0 Å². The lowest BCUT2D eigenvalue weighted by Crippen LogP contribution is -2.28. The fourth-order valence-corrected chi connectivity index (χ4v) is 3.49. The molecule has 3 rings (SSSR count). The number of carbonyl (C=O) groups excluding carboxylic acids is 1. The molecule has 6 heteroatoms. The number of hydrogen-bond donors (Lipinski definition) is 0. The third-order valence-electron chi connectivity index (χ3n) is 4.92. The SMILES string of the molecule is COCCCn1c(C)cnc1C1CCN(C(=O)c2ccc(C#N)cc2)C1. The van der Waals surface area contributed by atoms with Crippen LogP contribution in [-0.4, -0.2) is 47.2 Å². The maximum atomic E-state index is 12.7. The highest BCUT2D eigenvalue weighted by Crippen LogP contribution is 2.28. The normalized spacial score (nSPS) is 16.7. The van der Waals surface area contributed by atoms with Crippen LogP contribution in [0, 0.1) is 18.3 Å². The van der Waals surface area contributed by atoms with Crippen LogP contribution in [0.3, 0.4) is 0 Å². The summed E-state index contributed by atoms with van der Waals surface area (Å²) in [5, 5.41) is 8.88. The van der Waals surface area contributed by atoms with Crippen LogP contribution < -0.4 is 0 Å². The van der Waals surface area contributed by atoms with Crippen molar-refractivity contribution >= 4 is 5.91 Å². The molecule has 0 radical (unpaired) electrons. The van der Waals surface area contributed by atoms with Crippen molar-refractivity contribution in [3.05, 3.63) is 53.1 Å². The fourth-order valence-electron chi connectivity index (χ4n) is 3.49. The van der Waals surface area contributed by atoms with Crippen LogP contribution in [0.1, 0.15) is 46.2 Å². The van der Waals surface area contributed by atoms with E-state index in [-0.39, 0.29) is 11.8 Å². The molecule has 1 atom stereocenters. The molecule has 0 N–H and O–H groups in total. The molecule has 136 valence electrons. The second-order valence-electron chi connectivity index (χ2n) is 6.68. The van der Waals surface area contributed by atoms with Gasteiger partial charge in [0.05, 0.1) is 11.6 Å². The van der Waals surface area contributed by atoms with Gasteiger partial charge in [0.25, 0.3) is 5.91 Å². The van der Waals surface area contributed by atoms with Crippen LogP contribution in [0.4, 0.5) is 0 Å². The summed E-state index contributed by atoms with van der Waals surface area (Å²) >= 11 is 0. The zero-order chi connectivity index (χ0) is 18.5. The molecule has 0 aliphatic carbocycles. The van der Waals surface area contributed by atoms with E-state index in [9.17, 15) is 4.79 Å². The number of methoxy groups -OCH3 is 1. The second kappa shape index (κ2) is 8.15. The Hall–Kier alpha value is -2.65. The summed E-state index contributed by atoms with van der Waals surface area (Å²) in [6.45, 7) is 5.09. The van der Waals surface area contributed by atoms with Crippen molar-refractivity contribution in [1.82, 2.24) is 14.5 Å². The van der Waals surface area contributed by atoms with E-state index in [1.54, 1.807) is 31.4 Å². The van der Waals surface area contributed by atoms with Gasteiger partial charge in [-0.05, 0) is 44.0 Å². The fraction of sp³-hybridized carbons (Fsp3) is 0.450. The van der Waals surface area contributed by atoms with Crippen LogP contribution in [0.5, 0.6) is 0 Å². The van der Waals surface area contributed by atoms with Gasteiger partial charge in [0.1, 0.15) is 5.82 Å². The molecule has 1 saturated heterocycles. The van der Waals surface area contributed by atoms with E-state index in [2.05, 4.69) is 22.5 Å². The van der Waals surface area contributed by atoms with Gasteiger partial charge in [0, 0.05) is 56.7 Å². The predicted octanol–water partition coefficient (Wildman–Crippen LogP) is 2.73. The molecule has 1 amide bonds. The minimum atomic E-state index is 0.0196. The van der Waals surface area contributed by atoms with Crippen molar-refractivity contribution in [2.24, 2.45) is 0 Å². The summed E-state index contributed by atoms with van der Waals surface area (Å²) in [7, 11) is 1.71. The van der Waals surface area contributed by atoms with E-state index >= 15 is 0 Å². The summed E-state index contributed by atoms with van der Waals surface area (Å²) in [6, 6.07) is 8.90. The highest BCUT2D eigenvalue weighted by molar-refractivity contribution is 5.94. The Morgan fingerprint density at radius 1 is 1.38 bits per heavy atom. The van der Waals surface area contributed by atoms with Crippen LogP contribution in [-0.2, 0) is 11.3 Å². The number of nitriles is 1. The first kappa shape index (κ1) is 18.2. The number of aromatic nitrogens is 2. The van der Waals surface area contributed by atoms with Crippen molar-refractivity contribution in [2.75, 3.05) is 26.8 Å². The number of rotatable bonds is 6. The molecule has 1 fully saturated rings. The van der Waals surface area contributed by atoms with Crippen LogP contribution >= 0.6 is 0 Å². The minimum Gasteiger partial charge on any atom is -0.385 e. The van der Waals surface area contributed by atoms with E-state index in [0.29, 0.717) is 17.7 Å². The zero-order valence-corrected chi connectivity index (χ0v) is 15.3. The number of aryl methyl sites for hydroxylation is 1. The highest BCUT2D eigenvalue weighted by atomic mass is 16.5. The molecule has 1 aromatic heterocycles. The Balaban J connectivity index is 1.68. The van der Waals surface area contributed by atoms with Crippen LogP contribution in [0.15, 0.2) is 30.5 Å². The number of ether oxygens (including phenoxy) is 1. The first-order valence-corrected chi connectivity index (χ1v) is 8.94. The molecule has 2 aromatic rings. The third-order valence-corrected chi connectivity index (χ3v) is 4.92. The highest BCUT2D eigenvalue weighted by Gasteiger charge is 2.30. The van der Waals surface area contributed by atoms with Gasteiger partial charge >= 0.3 is 0 Å². The molecule has 1 unspecified atom stereocenters. The number of nitrogens with zero attached hydrogens (tertiary/aromatic N) is 4. The average molecular weight is 352 g/mol. The van der Waals surface area contributed by atoms with Crippen LogP contribution in [0.2, 0.25) is 0 Å². The van der Waals surface area contributed by atoms with Gasteiger partial charge in [-0.3, -0.25) is 4.79 Å². The average Bonchev–Trinajstić information content (AvgIpc) is 3.29. The molecular formula is C20H24N4O2. The topological polar surface area (TPSA) is 71.2 Å². The molecule has 0 saturated carbocycles. The quantitative estimate of drug-likeness (QED) is 0.750. The first-order chi connectivity index (χ1) is 12.6.